The van der Waals surface area contributed by atoms with Gasteiger partial charge in [-0.15, -0.1) is 0 Å². The second-order valence-corrected chi connectivity index (χ2v) is 3.53. The molecule has 0 spiro atoms. The van der Waals surface area contributed by atoms with Crippen LogP contribution in [-0.4, -0.2) is 23.6 Å². The molecule has 1 aromatic carbocycles. The van der Waals surface area contributed by atoms with Gasteiger partial charge in [0.15, 0.2) is 0 Å². The maximum absolute atomic E-state index is 13.2. The van der Waals surface area contributed by atoms with E-state index in [0.717, 1.165) is 6.07 Å². The van der Waals surface area contributed by atoms with Gasteiger partial charge in [0.05, 0.1) is 12.5 Å². The molecule has 3 N–H and O–H groups in total. The Kier molecular flexibility index (Phi) is 4.03. The van der Waals surface area contributed by atoms with Crippen LogP contribution in [0.1, 0.15) is 17.3 Å². The van der Waals surface area contributed by atoms with Gasteiger partial charge in [-0.05, 0) is 12.1 Å². The Hall–Kier alpha value is -2.11. The molecule has 0 aliphatic carbocycles. The lowest BCUT2D eigenvalue weighted by atomic mass is 10.1. The van der Waals surface area contributed by atoms with Crippen molar-refractivity contribution in [3.8, 4) is 5.75 Å². The highest BCUT2D eigenvalue weighted by atomic mass is 19.1. The first-order valence-corrected chi connectivity index (χ1v) is 4.87. The zero-order valence-corrected chi connectivity index (χ0v) is 9.14. The van der Waals surface area contributed by atoms with E-state index >= 15 is 0 Å². The maximum Gasteiger partial charge on any atom is 0.342 e. The van der Waals surface area contributed by atoms with Gasteiger partial charge in [-0.2, -0.15) is 0 Å². The molecule has 1 rings (SSSR count). The fourth-order valence-corrected chi connectivity index (χ4v) is 1.13. The van der Waals surface area contributed by atoms with Crippen LogP contribution in [0.4, 0.5) is 4.39 Å². The summed E-state index contributed by atoms with van der Waals surface area (Å²) in [7, 11) is 0. The van der Waals surface area contributed by atoms with E-state index in [1.54, 1.807) is 0 Å². The Morgan fingerprint density at radius 3 is 2.71 bits per heavy atom. The molecule has 6 heteroatoms. The van der Waals surface area contributed by atoms with Crippen molar-refractivity contribution in [1.82, 2.24) is 0 Å². The van der Waals surface area contributed by atoms with Crippen molar-refractivity contribution in [2.75, 3.05) is 6.61 Å². The van der Waals surface area contributed by atoms with Crippen LogP contribution < -0.4 is 10.5 Å². The van der Waals surface area contributed by atoms with Gasteiger partial charge in [0.2, 0.25) is 5.91 Å². The van der Waals surface area contributed by atoms with Crippen molar-refractivity contribution < 1.29 is 23.8 Å². The minimum Gasteiger partial charge on any atom is -0.492 e. The van der Waals surface area contributed by atoms with E-state index in [4.69, 9.17) is 15.6 Å². The van der Waals surface area contributed by atoms with E-state index in [0.29, 0.717) is 0 Å². The number of primary amides is 1. The molecule has 92 valence electrons. The normalized spacial score (nSPS) is 11.9. The Balaban J connectivity index is 2.88. The number of carbonyl (C=O) groups is 2. The number of benzene rings is 1. The number of rotatable bonds is 5. The van der Waals surface area contributed by atoms with Gasteiger partial charge in [0.25, 0.3) is 0 Å². The third-order valence-electron chi connectivity index (χ3n) is 2.16. The SMILES string of the molecule is CC(COc1cccc(F)c1C(=O)O)C(N)=O. The lowest BCUT2D eigenvalue weighted by Gasteiger charge is -2.12. The molecule has 5 nitrogen and oxygen atoms in total. The number of aromatic carboxylic acids is 1. The van der Waals surface area contributed by atoms with Gasteiger partial charge in [0.1, 0.15) is 17.1 Å². The summed E-state index contributed by atoms with van der Waals surface area (Å²) < 4.78 is 18.3. The number of amides is 1. The lowest BCUT2D eigenvalue weighted by Crippen LogP contribution is -2.26. The Bertz CT molecular complexity index is 447. The number of nitrogens with two attached hydrogens (primary N) is 1. The van der Waals surface area contributed by atoms with E-state index in [1.165, 1.54) is 19.1 Å². The maximum atomic E-state index is 13.2. The van der Waals surface area contributed by atoms with Crippen molar-refractivity contribution in [3.05, 3.63) is 29.6 Å². The smallest absolute Gasteiger partial charge is 0.342 e. The van der Waals surface area contributed by atoms with Crippen molar-refractivity contribution in [2.24, 2.45) is 11.7 Å². The molecule has 0 aliphatic heterocycles. The predicted molar refractivity (Wildman–Crippen MR) is 57.2 cm³/mol. The highest BCUT2D eigenvalue weighted by Crippen LogP contribution is 2.21. The highest BCUT2D eigenvalue weighted by Gasteiger charge is 2.18. The predicted octanol–water partition coefficient (Wildman–Crippen LogP) is 1.02. The van der Waals surface area contributed by atoms with Gasteiger partial charge >= 0.3 is 5.97 Å². The molecule has 0 fully saturated rings. The van der Waals surface area contributed by atoms with Crippen molar-refractivity contribution >= 4 is 11.9 Å². The second kappa shape index (κ2) is 5.29. The third kappa shape index (κ3) is 3.17. The largest absolute Gasteiger partial charge is 0.492 e. The molecule has 0 saturated heterocycles. The lowest BCUT2D eigenvalue weighted by molar-refractivity contribution is -0.122. The van der Waals surface area contributed by atoms with E-state index in [-0.39, 0.29) is 12.4 Å². The Labute approximate surface area is 97.0 Å². The monoisotopic (exact) mass is 241 g/mol. The molecular formula is C11H12FNO4. The average Bonchev–Trinajstić information content (AvgIpc) is 2.24. The first-order chi connectivity index (χ1) is 7.93. The second-order valence-electron chi connectivity index (χ2n) is 3.53. The summed E-state index contributed by atoms with van der Waals surface area (Å²) in [5.74, 6) is -3.59. The number of carboxylic acids is 1. The molecule has 0 heterocycles. The molecule has 0 radical (unpaired) electrons. The summed E-state index contributed by atoms with van der Waals surface area (Å²) in [6.07, 6.45) is 0. The molecular weight excluding hydrogens is 229 g/mol. The van der Waals surface area contributed by atoms with Gasteiger partial charge in [-0.1, -0.05) is 13.0 Å². The van der Waals surface area contributed by atoms with E-state index < -0.39 is 29.2 Å². The van der Waals surface area contributed by atoms with Crippen LogP contribution in [0.15, 0.2) is 18.2 Å². The van der Waals surface area contributed by atoms with E-state index in [1.807, 2.05) is 0 Å². The van der Waals surface area contributed by atoms with Crippen LogP contribution in [-0.2, 0) is 4.79 Å². The molecule has 0 bridgehead atoms. The minimum absolute atomic E-state index is 0.0981. The van der Waals surface area contributed by atoms with Crippen LogP contribution in [0.5, 0.6) is 5.75 Å². The first-order valence-electron chi connectivity index (χ1n) is 4.87. The number of ether oxygens (including phenoxy) is 1. The molecule has 1 atom stereocenters. The molecule has 1 amide bonds. The quantitative estimate of drug-likeness (QED) is 0.805. The molecule has 0 saturated carbocycles. The highest BCUT2D eigenvalue weighted by molar-refractivity contribution is 5.91. The summed E-state index contributed by atoms with van der Waals surface area (Å²) >= 11 is 0. The number of carboxylic acid groups (broad SMARTS) is 1. The summed E-state index contributed by atoms with van der Waals surface area (Å²) in [4.78, 5) is 21.6. The number of hydrogen-bond acceptors (Lipinski definition) is 3. The number of halogens is 1. The summed E-state index contributed by atoms with van der Waals surface area (Å²) in [5.41, 5.74) is 4.47. The molecule has 17 heavy (non-hydrogen) atoms. The molecule has 1 aromatic rings. The number of hydrogen-bond donors (Lipinski definition) is 2. The summed E-state index contributed by atoms with van der Waals surface area (Å²) in [6.45, 7) is 1.43. The van der Waals surface area contributed by atoms with Crippen LogP contribution >= 0.6 is 0 Å². The average molecular weight is 241 g/mol. The molecule has 0 aliphatic rings. The van der Waals surface area contributed by atoms with Crippen molar-refractivity contribution in [1.29, 1.82) is 0 Å². The van der Waals surface area contributed by atoms with Gasteiger partial charge in [0, 0.05) is 0 Å². The fourth-order valence-electron chi connectivity index (χ4n) is 1.13. The van der Waals surface area contributed by atoms with E-state index in [9.17, 15) is 14.0 Å². The van der Waals surface area contributed by atoms with Gasteiger partial charge in [-0.3, -0.25) is 4.79 Å². The van der Waals surface area contributed by atoms with Crippen LogP contribution in [0, 0.1) is 11.7 Å². The fraction of sp³-hybridized carbons (Fsp3) is 0.273. The summed E-state index contributed by atoms with van der Waals surface area (Å²) in [6, 6.07) is 3.67. The van der Waals surface area contributed by atoms with Crippen LogP contribution in [0.25, 0.3) is 0 Å². The number of carbonyl (C=O) groups excluding carboxylic acids is 1. The third-order valence-corrected chi connectivity index (χ3v) is 2.16. The Morgan fingerprint density at radius 1 is 1.53 bits per heavy atom. The van der Waals surface area contributed by atoms with Crippen molar-refractivity contribution in [2.45, 2.75) is 6.92 Å². The molecule has 1 unspecified atom stereocenters. The summed E-state index contributed by atoms with van der Waals surface area (Å²) in [5, 5.41) is 8.81. The van der Waals surface area contributed by atoms with E-state index in [2.05, 4.69) is 0 Å². The standard InChI is InChI=1S/C11H12FNO4/c1-6(10(13)14)5-17-8-4-2-3-7(12)9(8)11(15)16/h2-4,6H,5H2,1H3,(H2,13,14)(H,15,16). The van der Waals surface area contributed by atoms with Crippen LogP contribution in [0.3, 0.4) is 0 Å². The van der Waals surface area contributed by atoms with Gasteiger partial charge in [-0.25, -0.2) is 9.18 Å². The topological polar surface area (TPSA) is 89.6 Å². The van der Waals surface area contributed by atoms with Gasteiger partial charge < -0.3 is 15.6 Å². The first kappa shape index (κ1) is 13.0. The zero-order chi connectivity index (χ0) is 13.0. The minimum atomic E-state index is -1.43. The Morgan fingerprint density at radius 2 is 2.18 bits per heavy atom. The molecule has 0 aromatic heterocycles. The van der Waals surface area contributed by atoms with Crippen LogP contribution in [0.2, 0.25) is 0 Å². The zero-order valence-electron chi connectivity index (χ0n) is 9.14. The van der Waals surface area contributed by atoms with Crippen molar-refractivity contribution in [3.63, 3.8) is 0 Å².